The number of pyridine rings is 4. The Morgan fingerprint density at radius 1 is 0.568 bits per heavy atom. The molecular formula is C50H54Br2N6O14S2. The summed E-state index contributed by atoms with van der Waals surface area (Å²) in [5.41, 5.74) is 3.61. The van der Waals surface area contributed by atoms with E-state index >= 15 is 0 Å². The topological polar surface area (TPSA) is 296 Å². The van der Waals surface area contributed by atoms with Crippen molar-refractivity contribution in [2.45, 2.75) is 88.1 Å². The van der Waals surface area contributed by atoms with Crippen LogP contribution >= 0.6 is 31.9 Å². The zero-order valence-electron chi connectivity index (χ0n) is 41.0. The Labute approximate surface area is 444 Å². The van der Waals surface area contributed by atoms with Crippen LogP contribution in [0.1, 0.15) is 58.4 Å². The maximum atomic E-state index is 12.2. The molecule has 0 spiro atoms. The van der Waals surface area contributed by atoms with Crippen LogP contribution in [0.5, 0.6) is 23.5 Å². The Kier molecular flexibility index (Phi) is 18.6. The second kappa shape index (κ2) is 24.0. The molecule has 0 amide bonds. The number of halogens is 2. The largest absolute Gasteiger partial charge is 0.480 e. The summed E-state index contributed by atoms with van der Waals surface area (Å²) in [6.07, 6.45) is 7.50. The van der Waals surface area contributed by atoms with Gasteiger partial charge in [-0.25, -0.2) is 16.8 Å². The number of rotatable bonds is 25. The number of hydrogen-bond donors (Lipinski definition) is 6. The molecule has 2 atom stereocenters. The molecule has 74 heavy (non-hydrogen) atoms. The van der Waals surface area contributed by atoms with Crippen LogP contribution in [-0.2, 0) is 68.8 Å². The van der Waals surface area contributed by atoms with Crippen molar-refractivity contribution in [3.05, 3.63) is 139 Å². The highest BCUT2D eigenvalue weighted by atomic mass is 79.9. The molecule has 4 aromatic heterocycles. The fourth-order valence-electron chi connectivity index (χ4n) is 7.02. The molecule has 6 N–H and O–H groups in total. The van der Waals surface area contributed by atoms with E-state index in [1.165, 1.54) is 50.8 Å². The number of carboxylic acid groups (broad SMARTS) is 2. The molecule has 20 nitrogen and oxygen atoms in total. The second-order valence-electron chi connectivity index (χ2n) is 17.7. The summed E-state index contributed by atoms with van der Waals surface area (Å²) < 4.78 is 74.4. The SMILES string of the molecule is Cc1c(COc2nc(OCc3cncc(S(C)(=O)=O)c3)c(CNC(C)(CO)C(=O)O)cc2Br)cccc1-c1cccc(COc2nc(OCc3cncc(S(C)(=O)=O)c3)c(CN[C@](C)(CO)C(=O)O)cc2Br)c1C. The lowest BCUT2D eigenvalue weighted by Crippen LogP contribution is -2.52. The summed E-state index contributed by atoms with van der Waals surface area (Å²) in [5.74, 6) is -2.13. The number of ether oxygens (including phenoxy) is 4. The zero-order chi connectivity index (χ0) is 54.2. The zero-order valence-corrected chi connectivity index (χ0v) is 45.8. The monoisotopic (exact) mass is 1180 g/mol. The molecule has 1 unspecified atom stereocenters. The first kappa shape index (κ1) is 57.2. The van der Waals surface area contributed by atoms with Gasteiger partial charge in [-0.3, -0.25) is 30.2 Å². The normalized spacial score (nSPS) is 13.4. The van der Waals surface area contributed by atoms with Crippen LogP contribution < -0.4 is 29.6 Å². The lowest BCUT2D eigenvalue weighted by atomic mass is 9.92. The van der Waals surface area contributed by atoms with E-state index in [-0.39, 0.29) is 72.8 Å². The van der Waals surface area contributed by atoms with Crippen molar-refractivity contribution in [2.24, 2.45) is 0 Å². The fourth-order valence-corrected chi connectivity index (χ4v) is 9.22. The molecule has 6 aromatic rings. The van der Waals surface area contributed by atoms with Crippen LogP contribution in [0.4, 0.5) is 0 Å². The molecule has 0 saturated carbocycles. The smallest absolute Gasteiger partial charge is 0.326 e. The Morgan fingerprint density at radius 2 is 0.932 bits per heavy atom. The molecule has 394 valence electrons. The number of hydrogen-bond acceptors (Lipinski definition) is 18. The van der Waals surface area contributed by atoms with Gasteiger partial charge in [-0.15, -0.1) is 0 Å². The average Bonchev–Trinajstić information content (AvgIpc) is 3.36. The fraction of sp³-hybridized carbons (Fsp3) is 0.320. The number of sulfone groups is 2. The van der Waals surface area contributed by atoms with Crippen molar-refractivity contribution < 1.29 is 65.8 Å². The molecule has 0 radical (unpaired) electrons. The van der Waals surface area contributed by atoms with Crippen LogP contribution in [0.3, 0.4) is 0 Å². The second-order valence-corrected chi connectivity index (χ2v) is 23.5. The Morgan fingerprint density at radius 3 is 1.27 bits per heavy atom. The van der Waals surface area contributed by atoms with E-state index in [1.807, 2.05) is 50.2 Å². The predicted molar refractivity (Wildman–Crippen MR) is 277 cm³/mol. The third-order valence-electron chi connectivity index (χ3n) is 11.9. The molecule has 2 aromatic carbocycles. The number of carbonyl (C=O) groups is 2. The van der Waals surface area contributed by atoms with Gasteiger partial charge in [-0.1, -0.05) is 36.4 Å². The summed E-state index contributed by atoms with van der Waals surface area (Å²) in [7, 11) is -7.12. The molecular weight excluding hydrogens is 1130 g/mol. The minimum atomic E-state index is -3.56. The Bertz CT molecular complexity index is 3080. The van der Waals surface area contributed by atoms with E-state index in [2.05, 4.69) is 62.4 Å². The van der Waals surface area contributed by atoms with Gasteiger partial charge in [0.2, 0.25) is 23.5 Å². The number of nitrogens with one attached hydrogen (secondary N) is 2. The average molecular weight is 1190 g/mol. The molecule has 0 aliphatic heterocycles. The third kappa shape index (κ3) is 14.2. The number of aromatic nitrogens is 4. The van der Waals surface area contributed by atoms with E-state index in [0.29, 0.717) is 31.2 Å². The van der Waals surface area contributed by atoms with Crippen molar-refractivity contribution in [2.75, 3.05) is 25.7 Å². The van der Waals surface area contributed by atoms with Gasteiger partial charge in [0.15, 0.2) is 19.7 Å². The van der Waals surface area contributed by atoms with Gasteiger partial charge in [0, 0.05) is 72.6 Å². The third-order valence-corrected chi connectivity index (χ3v) is 15.2. The first-order chi connectivity index (χ1) is 34.8. The van der Waals surface area contributed by atoms with Crippen molar-refractivity contribution in [1.82, 2.24) is 30.6 Å². The van der Waals surface area contributed by atoms with E-state index in [1.54, 1.807) is 12.1 Å². The van der Waals surface area contributed by atoms with Gasteiger partial charge < -0.3 is 39.4 Å². The van der Waals surface area contributed by atoms with Crippen LogP contribution in [0.15, 0.2) is 104 Å². The molecule has 0 aliphatic carbocycles. The molecule has 24 heteroatoms. The van der Waals surface area contributed by atoms with E-state index in [0.717, 1.165) is 45.9 Å². The summed E-state index contributed by atoms with van der Waals surface area (Å²) >= 11 is 7.07. The Hall–Kier alpha value is -6.12. The number of aliphatic hydroxyl groups excluding tert-OH is 2. The van der Waals surface area contributed by atoms with Gasteiger partial charge in [-0.2, -0.15) is 9.97 Å². The number of carboxylic acids is 2. The van der Waals surface area contributed by atoms with E-state index < -0.39 is 55.9 Å². The van der Waals surface area contributed by atoms with Crippen molar-refractivity contribution in [3.8, 4) is 34.6 Å². The van der Waals surface area contributed by atoms with Gasteiger partial charge in [0.05, 0.1) is 32.0 Å². The number of benzene rings is 2. The predicted octanol–water partition coefficient (Wildman–Crippen LogP) is 6.05. The van der Waals surface area contributed by atoms with E-state index in [9.17, 15) is 46.9 Å². The maximum Gasteiger partial charge on any atom is 0.326 e. The van der Waals surface area contributed by atoms with Gasteiger partial charge in [0.1, 0.15) is 37.5 Å². The first-order valence-corrected chi connectivity index (χ1v) is 27.8. The number of nitrogens with zero attached hydrogens (tertiary/aromatic N) is 4. The molecule has 0 aliphatic rings. The highest BCUT2D eigenvalue weighted by Gasteiger charge is 2.33. The van der Waals surface area contributed by atoms with Crippen molar-refractivity contribution in [3.63, 3.8) is 0 Å². The lowest BCUT2D eigenvalue weighted by Gasteiger charge is -2.24. The molecule has 6 rings (SSSR count). The van der Waals surface area contributed by atoms with Crippen LogP contribution in [0, 0.1) is 13.8 Å². The quantitative estimate of drug-likeness (QED) is 0.0380. The van der Waals surface area contributed by atoms with Crippen LogP contribution in [0.25, 0.3) is 11.1 Å². The number of aliphatic carboxylic acids is 2. The van der Waals surface area contributed by atoms with Gasteiger partial charge >= 0.3 is 11.9 Å². The lowest BCUT2D eigenvalue weighted by molar-refractivity contribution is -0.146. The maximum absolute atomic E-state index is 12.2. The highest BCUT2D eigenvalue weighted by Crippen LogP contribution is 2.35. The summed E-state index contributed by atoms with van der Waals surface area (Å²) in [6, 6.07) is 17.8. The molecule has 0 saturated heterocycles. The van der Waals surface area contributed by atoms with Crippen molar-refractivity contribution in [1.29, 1.82) is 0 Å². The summed E-state index contributed by atoms with van der Waals surface area (Å²) in [6.45, 7) is 4.88. The summed E-state index contributed by atoms with van der Waals surface area (Å²) in [5, 5.41) is 44.9. The Balaban J connectivity index is 1.23. The highest BCUT2D eigenvalue weighted by molar-refractivity contribution is 9.11. The van der Waals surface area contributed by atoms with Crippen molar-refractivity contribution >= 4 is 63.5 Å². The standard InChI is InChI=1S/C50H54Br2N6O14S2/c1-29-33(25-71-45-41(51)15-35(19-55-49(3,27-59)47(61)62)43(57-45)69-23-31-13-37(21-53-17-31)73(5,65)66)9-7-11-39(29)40-12-8-10-34(30(40)2)26-72-46-42(52)16-36(20-56-50(4,28-60)48(63)64)44(58-46)70-24-32-14-38(22-54-18-32)74(6,67)68/h7-18,21-22,55-56,59-60H,19-20,23-28H2,1-6H3,(H,61,62)(H,63,64)/t49-,50?/m1/s1. The molecule has 0 fully saturated rings. The molecule has 0 bridgehead atoms. The number of aliphatic hydroxyl groups is 2. The van der Waals surface area contributed by atoms with Gasteiger partial charge in [0.25, 0.3) is 0 Å². The first-order valence-electron chi connectivity index (χ1n) is 22.4. The van der Waals surface area contributed by atoms with Gasteiger partial charge in [-0.05, 0) is 117 Å². The van der Waals surface area contributed by atoms with E-state index in [4.69, 9.17) is 18.9 Å². The molecule has 4 heterocycles. The minimum Gasteiger partial charge on any atom is -0.480 e. The van der Waals surface area contributed by atoms with Crippen LogP contribution in [0.2, 0.25) is 0 Å². The minimum absolute atomic E-state index is 0.00233. The van der Waals surface area contributed by atoms with Crippen LogP contribution in [-0.4, -0.2) is 106 Å². The summed E-state index contributed by atoms with van der Waals surface area (Å²) in [4.78, 5) is 41.2.